The summed E-state index contributed by atoms with van der Waals surface area (Å²) in [5.74, 6) is 0.601. The highest BCUT2D eigenvalue weighted by molar-refractivity contribution is 5.79. The van der Waals surface area contributed by atoms with Crippen LogP contribution >= 0.6 is 0 Å². The Morgan fingerprint density at radius 1 is 1.57 bits per heavy atom. The minimum Gasteiger partial charge on any atom is -0.381 e. The Morgan fingerprint density at radius 2 is 2.29 bits per heavy atom. The molecule has 0 aromatic rings. The van der Waals surface area contributed by atoms with E-state index in [1.54, 1.807) is 7.05 Å². The van der Waals surface area contributed by atoms with Crippen LogP contribution in [-0.2, 0) is 9.53 Å². The van der Waals surface area contributed by atoms with E-state index in [1.165, 1.54) is 19.3 Å². The van der Waals surface area contributed by atoms with Crippen molar-refractivity contribution in [2.24, 2.45) is 11.7 Å². The Labute approximate surface area is 85.2 Å². The van der Waals surface area contributed by atoms with E-state index in [1.807, 2.05) is 0 Å². The molecule has 0 aliphatic heterocycles. The molecule has 1 atom stereocenters. The largest absolute Gasteiger partial charge is 0.381 e. The molecule has 1 aliphatic carbocycles. The average molecular weight is 200 g/mol. The number of primary amides is 1. The van der Waals surface area contributed by atoms with Crippen molar-refractivity contribution in [2.75, 3.05) is 20.3 Å². The molecule has 0 heterocycles. The van der Waals surface area contributed by atoms with Crippen LogP contribution in [0.5, 0.6) is 0 Å². The summed E-state index contributed by atoms with van der Waals surface area (Å²) < 4.78 is 5.42. The molecule has 0 saturated heterocycles. The van der Waals surface area contributed by atoms with Gasteiger partial charge in [0.05, 0.1) is 6.04 Å². The molecule has 1 amide bonds. The van der Waals surface area contributed by atoms with Crippen molar-refractivity contribution in [3.8, 4) is 0 Å². The van der Waals surface area contributed by atoms with Crippen LogP contribution in [0.2, 0.25) is 0 Å². The van der Waals surface area contributed by atoms with Crippen molar-refractivity contribution in [3.63, 3.8) is 0 Å². The standard InChI is InChI=1S/C10H20N2O2/c1-12-9(10(11)13)5-7-14-6-4-8-2-3-8/h8-9,12H,2-7H2,1H3,(H2,11,13). The van der Waals surface area contributed by atoms with E-state index < -0.39 is 0 Å². The smallest absolute Gasteiger partial charge is 0.234 e. The van der Waals surface area contributed by atoms with Gasteiger partial charge in [0.2, 0.25) is 5.91 Å². The highest BCUT2D eigenvalue weighted by Gasteiger charge is 2.20. The Balaban J connectivity index is 1.92. The topological polar surface area (TPSA) is 64.3 Å². The Kier molecular flexibility index (Phi) is 4.90. The van der Waals surface area contributed by atoms with E-state index >= 15 is 0 Å². The van der Waals surface area contributed by atoms with Gasteiger partial charge in [0.25, 0.3) is 0 Å². The zero-order valence-corrected chi connectivity index (χ0v) is 8.79. The second kappa shape index (κ2) is 5.98. The molecule has 1 aliphatic rings. The normalized spacial score (nSPS) is 18.1. The van der Waals surface area contributed by atoms with E-state index in [0.717, 1.165) is 12.5 Å². The fraction of sp³-hybridized carbons (Fsp3) is 0.900. The van der Waals surface area contributed by atoms with Crippen LogP contribution in [0.15, 0.2) is 0 Å². The van der Waals surface area contributed by atoms with Gasteiger partial charge >= 0.3 is 0 Å². The minimum absolute atomic E-state index is 0.254. The van der Waals surface area contributed by atoms with E-state index in [4.69, 9.17) is 10.5 Å². The van der Waals surface area contributed by atoms with Gasteiger partial charge in [-0.25, -0.2) is 0 Å². The summed E-state index contributed by atoms with van der Waals surface area (Å²) in [6, 6.07) is -0.254. The second-order valence-electron chi connectivity index (χ2n) is 3.88. The molecule has 1 rings (SSSR count). The summed E-state index contributed by atoms with van der Waals surface area (Å²) in [7, 11) is 1.74. The van der Waals surface area contributed by atoms with Crippen molar-refractivity contribution >= 4 is 5.91 Å². The first-order valence-corrected chi connectivity index (χ1v) is 5.28. The zero-order chi connectivity index (χ0) is 10.4. The monoisotopic (exact) mass is 200 g/mol. The van der Waals surface area contributed by atoms with Crippen molar-refractivity contribution in [1.82, 2.24) is 5.32 Å². The molecule has 3 N–H and O–H groups in total. The molecule has 1 fully saturated rings. The van der Waals surface area contributed by atoms with Crippen LogP contribution in [0.3, 0.4) is 0 Å². The van der Waals surface area contributed by atoms with Crippen molar-refractivity contribution in [2.45, 2.75) is 31.7 Å². The third kappa shape index (κ3) is 4.58. The van der Waals surface area contributed by atoms with Gasteiger partial charge in [0.1, 0.15) is 0 Å². The zero-order valence-electron chi connectivity index (χ0n) is 8.79. The molecule has 0 radical (unpaired) electrons. The lowest BCUT2D eigenvalue weighted by Gasteiger charge is -2.11. The third-order valence-corrected chi connectivity index (χ3v) is 2.61. The van der Waals surface area contributed by atoms with Crippen molar-refractivity contribution < 1.29 is 9.53 Å². The number of nitrogens with two attached hydrogens (primary N) is 1. The molecule has 4 heteroatoms. The minimum atomic E-state index is -0.307. The lowest BCUT2D eigenvalue weighted by atomic mass is 10.2. The Bertz CT molecular complexity index is 181. The highest BCUT2D eigenvalue weighted by Crippen LogP contribution is 2.32. The van der Waals surface area contributed by atoms with Crippen LogP contribution < -0.4 is 11.1 Å². The van der Waals surface area contributed by atoms with Crippen molar-refractivity contribution in [3.05, 3.63) is 0 Å². The number of ether oxygens (including phenoxy) is 1. The second-order valence-corrected chi connectivity index (χ2v) is 3.88. The van der Waals surface area contributed by atoms with Crippen molar-refractivity contribution in [1.29, 1.82) is 0 Å². The Morgan fingerprint density at radius 3 is 2.79 bits per heavy atom. The van der Waals surface area contributed by atoms with Gasteiger partial charge in [-0.3, -0.25) is 4.79 Å². The van der Waals surface area contributed by atoms with E-state index in [0.29, 0.717) is 13.0 Å². The van der Waals surface area contributed by atoms with Gasteiger partial charge in [-0.15, -0.1) is 0 Å². The average Bonchev–Trinajstić information content (AvgIpc) is 2.94. The molecule has 1 saturated carbocycles. The molecule has 0 bridgehead atoms. The molecular weight excluding hydrogens is 180 g/mol. The molecule has 4 nitrogen and oxygen atoms in total. The fourth-order valence-corrected chi connectivity index (χ4v) is 1.39. The molecule has 14 heavy (non-hydrogen) atoms. The molecule has 0 spiro atoms. The highest BCUT2D eigenvalue weighted by atomic mass is 16.5. The number of carbonyl (C=O) groups is 1. The van der Waals surface area contributed by atoms with Crippen LogP contribution in [0.4, 0.5) is 0 Å². The number of hydrogen-bond acceptors (Lipinski definition) is 3. The molecular formula is C10H20N2O2. The van der Waals surface area contributed by atoms with E-state index in [9.17, 15) is 4.79 Å². The number of amides is 1. The van der Waals surface area contributed by atoms with Crippen LogP contribution in [0, 0.1) is 5.92 Å². The maximum atomic E-state index is 10.8. The number of nitrogens with one attached hydrogen (secondary N) is 1. The summed E-state index contributed by atoms with van der Waals surface area (Å²) in [4.78, 5) is 10.8. The first kappa shape index (κ1) is 11.5. The summed E-state index contributed by atoms with van der Waals surface area (Å²) in [5.41, 5.74) is 5.16. The number of rotatable bonds is 8. The van der Waals surface area contributed by atoms with Crippen LogP contribution in [0.1, 0.15) is 25.7 Å². The summed E-state index contributed by atoms with van der Waals surface area (Å²) in [6.45, 7) is 1.43. The van der Waals surface area contributed by atoms with Crippen LogP contribution in [0.25, 0.3) is 0 Å². The van der Waals surface area contributed by atoms with Gasteiger partial charge < -0.3 is 15.8 Å². The van der Waals surface area contributed by atoms with E-state index in [2.05, 4.69) is 5.32 Å². The number of likely N-dealkylation sites (N-methyl/N-ethyl adjacent to an activating group) is 1. The molecule has 0 aromatic heterocycles. The van der Waals surface area contributed by atoms with E-state index in [-0.39, 0.29) is 11.9 Å². The third-order valence-electron chi connectivity index (χ3n) is 2.61. The first-order chi connectivity index (χ1) is 6.74. The molecule has 1 unspecified atom stereocenters. The lowest BCUT2D eigenvalue weighted by molar-refractivity contribution is -0.120. The number of carbonyl (C=O) groups excluding carboxylic acids is 1. The quantitative estimate of drug-likeness (QED) is 0.553. The SMILES string of the molecule is CNC(CCOCCC1CC1)C(N)=O. The lowest BCUT2D eigenvalue weighted by Crippen LogP contribution is -2.39. The van der Waals surface area contributed by atoms with Gasteiger partial charge in [-0.2, -0.15) is 0 Å². The fourth-order valence-electron chi connectivity index (χ4n) is 1.39. The number of hydrogen-bond donors (Lipinski definition) is 2. The maximum Gasteiger partial charge on any atom is 0.234 e. The Hall–Kier alpha value is -0.610. The van der Waals surface area contributed by atoms with Crippen LogP contribution in [-0.4, -0.2) is 32.2 Å². The van der Waals surface area contributed by atoms with Gasteiger partial charge in [0, 0.05) is 13.2 Å². The predicted molar refractivity (Wildman–Crippen MR) is 54.8 cm³/mol. The maximum absolute atomic E-state index is 10.8. The summed E-state index contributed by atoms with van der Waals surface area (Å²) >= 11 is 0. The molecule has 82 valence electrons. The summed E-state index contributed by atoms with van der Waals surface area (Å²) in [5, 5.41) is 2.86. The summed E-state index contributed by atoms with van der Waals surface area (Å²) in [6.07, 6.45) is 4.56. The van der Waals surface area contributed by atoms with Gasteiger partial charge in [-0.1, -0.05) is 12.8 Å². The van der Waals surface area contributed by atoms with Gasteiger partial charge in [0.15, 0.2) is 0 Å². The van der Waals surface area contributed by atoms with Gasteiger partial charge in [-0.05, 0) is 25.8 Å². The first-order valence-electron chi connectivity index (χ1n) is 5.28. The molecule has 0 aromatic carbocycles. The predicted octanol–water partition coefficient (Wildman–Crippen LogP) is 0.267.